The number of benzene rings is 2. The Balaban J connectivity index is 1.72. The molecule has 0 saturated heterocycles. The maximum atomic E-state index is 13.7. The lowest BCUT2D eigenvalue weighted by Gasteiger charge is -2.11. The summed E-state index contributed by atoms with van der Waals surface area (Å²) in [6.07, 6.45) is 1.01. The van der Waals surface area contributed by atoms with Crippen LogP contribution in [-0.2, 0) is 13.0 Å². The fourth-order valence-corrected chi connectivity index (χ4v) is 2.52. The summed E-state index contributed by atoms with van der Waals surface area (Å²) in [7, 11) is 0. The Labute approximate surface area is 147 Å². The van der Waals surface area contributed by atoms with E-state index in [0.717, 1.165) is 12.1 Å². The largest absolute Gasteiger partial charge is 0.366 e. The Bertz CT molecular complexity index is 847. The fraction of sp³-hybridized carbons (Fsp3) is 0.200. The van der Waals surface area contributed by atoms with Crippen molar-refractivity contribution >= 4 is 17.3 Å². The molecule has 0 aliphatic rings. The van der Waals surface area contributed by atoms with E-state index in [4.69, 9.17) is 0 Å². The second-order valence-corrected chi connectivity index (χ2v) is 5.81. The quantitative estimate of drug-likeness (QED) is 0.676. The molecule has 25 heavy (non-hydrogen) atoms. The fourth-order valence-electron chi connectivity index (χ4n) is 2.52. The third-order valence-electron chi connectivity index (χ3n) is 3.89. The van der Waals surface area contributed by atoms with E-state index in [2.05, 4.69) is 39.7 Å². The van der Waals surface area contributed by atoms with Gasteiger partial charge in [0.05, 0.1) is 0 Å². The Morgan fingerprint density at radius 2 is 1.68 bits per heavy atom. The van der Waals surface area contributed by atoms with Gasteiger partial charge in [-0.25, -0.2) is 14.4 Å². The molecular weight excluding hydrogens is 315 g/mol. The molecule has 0 radical (unpaired) electrons. The van der Waals surface area contributed by atoms with E-state index in [-0.39, 0.29) is 5.82 Å². The smallest absolute Gasteiger partial charge is 0.136 e. The summed E-state index contributed by atoms with van der Waals surface area (Å²) >= 11 is 0. The number of aryl methyl sites for hydroxylation is 2. The molecule has 0 fully saturated rings. The van der Waals surface area contributed by atoms with Crippen LogP contribution >= 0.6 is 0 Å². The number of hydrogen-bond donors (Lipinski definition) is 2. The minimum absolute atomic E-state index is 0.227. The molecular formula is C20H21FN4. The summed E-state index contributed by atoms with van der Waals surface area (Å²) in [4.78, 5) is 8.77. The molecule has 0 saturated carbocycles. The van der Waals surface area contributed by atoms with E-state index in [1.54, 1.807) is 12.1 Å². The zero-order chi connectivity index (χ0) is 17.6. The van der Waals surface area contributed by atoms with Gasteiger partial charge < -0.3 is 10.6 Å². The van der Waals surface area contributed by atoms with Crippen molar-refractivity contribution in [2.45, 2.75) is 26.8 Å². The highest BCUT2D eigenvalue weighted by Gasteiger charge is 2.05. The van der Waals surface area contributed by atoms with Gasteiger partial charge in [0.1, 0.15) is 23.3 Å². The lowest BCUT2D eigenvalue weighted by molar-refractivity contribution is 0.613. The van der Waals surface area contributed by atoms with E-state index in [9.17, 15) is 4.39 Å². The maximum absolute atomic E-state index is 13.7. The van der Waals surface area contributed by atoms with Crippen molar-refractivity contribution < 1.29 is 4.39 Å². The average Bonchev–Trinajstić information content (AvgIpc) is 2.61. The Morgan fingerprint density at radius 1 is 0.960 bits per heavy atom. The van der Waals surface area contributed by atoms with Gasteiger partial charge in [0, 0.05) is 23.9 Å². The summed E-state index contributed by atoms with van der Waals surface area (Å²) in [5.74, 6) is 1.78. The van der Waals surface area contributed by atoms with Crippen LogP contribution < -0.4 is 10.6 Å². The molecule has 1 heterocycles. The van der Waals surface area contributed by atoms with Gasteiger partial charge in [-0.3, -0.25) is 0 Å². The second-order valence-electron chi connectivity index (χ2n) is 5.81. The van der Waals surface area contributed by atoms with Gasteiger partial charge in [-0.2, -0.15) is 0 Å². The number of nitrogens with zero attached hydrogens (tertiary/aromatic N) is 2. The van der Waals surface area contributed by atoms with Gasteiger partial charge in [-0.1, -0.05) is 37.3 Å². The Hall–Kier alpha value is -2.95. The van der Waals surface area contributed by atoms with Gasteiger partial charge in [0.25, 0.3) is 0 Å². The van der Waals surface area contributed by atoms with E-state index in [1.807, 2.05) is 31.2 Å². The van der Waals surface area contributed by atoms with Crippen LogP contribution in [0.25, 0.3) is 0 Å². The summed E-state index contributed by atoms with van der Waals surface area (Å²) in [6.45, 7) is 4.33. The molecule has 0 spiro atoms. The van der Waals surface area contributed by atoms with E-state index in [1.165, 1.54) is 11.6 Å². The van der Waals surface area contributed by atoms with E-state index < -0.39 is 0 Å². The van der Waals surface area contributed by atoms with Crippen LogP contribution in [-0.4, -0.2) is 9.97 Å². The predicted octanol–water partition coefficient (Wildman–Crippen LogP) is 4.84. The molecule has 0 bridgehead atoms. The first kappa shape index (κ1) is 16.9. The molecule has 4 nitrogen and oxygen atoms in total. The number of nitrogens with one attached hydrogen (secondary N) is 2. The molecule has 5 heteroatoms. The molecule has 128 valence electrons. The summed E-state index contributed by atoms with van der Waals surface area (Å²) in [5, 5.41) is 6.44. The molecule has 1 aromatic heterocycles. The summed E-state index contributed by atoms with van der Waals surface area (Å²) in [5.41, 5.74) is 2.86. The van der Waals surface area contributed by atoms with Crippen molar-refractivity contribution in [2.75, 3.05) is 10.6 Å². The maximum Gasteiger partial charge on any atom is 0.136 e. The SMILES string of the molecule is CCc1ccc(Nc2cc(NCc3ccccc3F)nc(C)n2)cc1. The first-order valence-corrected chi connectivity index (χ1v) is 8.33. The molecule has 2 aromatic carbocycles. The number of aromatic nitrogens is 2. The molecule has 0 unspecified atom stereocenters. The van der Waals surface area contributed by atoms with Crippen LogP contribution in [0.15, 0.2) is 54.6 Å². The monoisotopic (exact) mass is 336 g/mol. The second kappa shape index (κ2) is 7.75. The molecule has 0 aliphatic carbocycles. The topological polar surface area (TPSA) is 49.8 Å². The highest BCUT2D eigenvalue weighted by molar-refractivity contribution is 5.59. The minimum Gasteiger partial charge on any atom is -0.366 e. The van der Waals surface area contributed by atoms with Crippen LogP contribution in [0.2, 0.25) is 0 Å². The van der Waals surface area contributed by atoms with Crippen molar-refractivity contribution in [1.82, 2.24) is 9.97 Å². The lowest BCUT2D eigenvalue weighted by Crippen LogP contribution is -2.06. The van der Waals surface area contributed by atoms with Crippen LogP contribution in [0.1, 0.15) is 23.9 Å². The highest BCUT2D eigenvalue weighted by Crippen LogP contribution is 2.19. The first-order valence-electron chi connectivity index (χ1n) is 8.33. The molecule has 0 aliphatic heterocycles. The minimum atomic E-state index is -0.227. The molecule has 2 N–H and O–H groups in total. The summed E-state index contributed by atoms with van der Waals surface area (Å²) in [6, 6.07) is 16.8. The number of hydrogen-bond acceptors (Lipinski definition) is 4. The van der Waals surface area contributed by atoms with Crippen LogP contribution in [0.5, 0.6) is 0 Å². The number of halogens is 1. The molecule has 3 aromatic rings. The normalized spacial score (nSPS) is 10.5. The number of anilines is 3. The Kier molecular flexibility index (Phi) is 5.23. The van der Waals surface area contributed by atoms with Crippen LogP contribution in [0.3, 0.4) is 0 Å². The van der Waals surface area contributed by atoms with Crippen molar-refractivity contribution in [1.29, 1.82) is 0 Å². The third-order valence-corrected chi connectivity index (χ3v) is 3.89. The van der Waals surface area contributed by atoms with Gasteiger partial charge in [-0.15, -0.1) is 0 Å². The Morgan fingerprint density at radius 3 is 2.40 bits per heavy atom. The lowest BCUT2D eigenvalue weighted by atomic mass is 10.1. The molecule has 0 atom stereocenters. The van der Waals surface area contributed by atoms with E-state index >= 15 is 0 Å². The van der Waals surface area contributed by atoms with Gasteiger partial charge in [0.2, 0.25) is 0 Å². The zero-order valence-corrected chi connectivity index (χ0v) is 14.4. The molecule has 0 amide bonds. The number of rotatable bonds is 6. The van der Waals surface area contributed by atoms with Gasteiger partial charge in [-0.05, 0) is 37.1 Å². The highest BCUT2D eigenvalue weighted by atomic mass is 19.1. The first-order chi connectivity index (χ1) is 12.1. The predicted molar refractivity (Wildman–Crippen MR) is 99.6 cm³/mol. The van der Waals surface area contributed by atoms with Gasteiger partial charge >= 0.3 is 0 Å². The van der Waals surface area contributed by atoms with E-state index in [0.29, 0.717) is 29.6 Å². The van der Waals surface area contributed by atoms with Crippen molar-refractivity contribution in [3.05, 3.63) is 77.4 Å². The average molecular weight is 336 g/mol. The standard InChI is InChI=1S/C20H21FN4/c1-3-15-8-10-17(11-9-15)25-20-12-19(23-14(2)24-20)22-13-16-6-4-5-7-18(16)21/h4-12H,3,13H2,1-2H3,(H2,22,23,24,25). The van der Waals surface area contributed by atoms with Crippen LogP contribution in [0.4, 0.5) is 21.7 Å². The van der Waals surface area contributed by atoms with Crippen molar-refractivity contribution in [3.63, 3.8) is 0 Å². The molecule has 3 rings (SSSR count). The zero-order valence-electron chi connectivity index (χ0n) is 14.4. The van der Waals surface area contributed by atoms with Crippen molar-refractivity contribution in [2.24, 2.45) is 0 Å². The van der Waals surface area contributed by atoms with Crippen molar-refractivity contribution in [3.8, 4) is 0 Å². The third kappa shape index (κ3) is 4.53. The summed E-state index contributed by atoms with van der Waals surface area (Å²) < 4.78 is 13.7. The van der Waals surface area contributed by atoms with Crippen LogP contribution in [0, 0.1) is 12.7 Å². The van der Waals surface area contributed by atoms with Gasteiger partial charge in [0.15, 0.2) is 0 Å².